The van der Waals surface area contributed by atoms with E-state index in [1.54, 1.807) is 0 Å². The highest BCUT2D eigenvalue weighted by atomic mass is 16.5. The lowest BCUT2D eigenvalue weighted by Gasteiger charge is -2.34. The van der Waals surface area contributed by atoms with Gasteiger partial charge in [-0.1, -0.05) is 53.5 Å². The number of hydrogen-bond donors (Lipinski definition) is 0. The highest BCUT2D eigenvalue weighted by molar-refractivity contribution is 5.79. The molecule has 2 fully saturated rings. The summed E-state index contributed by atoms with van der Waals surface area (Å²) in [5.41, 5.74) is 1.45. The molecule has 0 radical (unpaired) electrons. The highest BCUT2D eigenvalue weighted by Crippen LogP contribution is 2.30. The fraction of sp³-hybridized carbons (Fsp3) is 0.476. The number of likely N-dealkylation sites (tertiary alicyclic amines) is 1. The number of carbonyl (C=O) groups is 1. The van der Waals surface area contributed by atoms with Crippen LogP contribution in [0.1, 0.15) is 44.6 Å². The minimum atomic E-state index is 0.131. The lowest BCUT2D eigenvalue weighted by molar-refractivity contribution is -0.137. The number of benzene rings is 1. The molecule has 2 aromatic heterocycles. The van der Waals surface area contributed by atoms with Crippen molar-refractivity contribution in [3.63, 3.8) is 0 Å². The van der Waals surface area contributed by atoms with Gasteiger partial charge in [0.15, 0.2) is 5.69 Å². The maximum Gasteiger partial charge on any atom is 0.280 e. The second kappa shape index (κ2) is 7.77. The van der Waals surface area contributed by atoms with Crippen molar-refractivity contribution in [2.24, 2.45) is 5.92 Å². The Hall–Kier alpha value is -3.03. The zero-order valence-corrected chi connectivity index (χ0v) is 16.3. The number of nitrogens with zero attached hydrogens (tertiary/aromatic N) is 6. The first kappa shape index (κ1) is 18.0. The summed E-state index contributed by atoms with van der Waals surface area (Å²) in [6, 6.07) is 9.81. The van der Waals surface area contributed by atoms with Crippen LogP contribution in [-0.2, 0) is 4.79 Å². The zero-order chi connectivity index (χ0) is 19.6. The SMILES string of the molecule is O=C(C1CCCC1)N1CCC[C@H](n2cc(-c3nc(-c4ccccc4)no3)nn2)C1. The van der Waals surface area contributed by atoms with Crippen LogP contribution in [0.25, 0.3) is 23.0 Å². The Morgan fingerprint density at radius 2 is 1.90 bits per heavy atom. The average Bonchev–Trinajstić information content (AvgIpc) is 3.55. The van der Waals surface area contributed by atoms with Crippen molar-refractivity contribution >= 4 is 5.91 Å². The van der Waals surface area contributed by atoms with E-state index in [1.807, 2.05) is 46.1 Å². The first-order valence-corrected chi connectivity index (χ1v) is 10.4. The maximum absolute atomic E-state index is 12.8. The molecule has 5 rings (SSSR count). The minimum Gasteiger partial charge on any atom is -0.340 e. The van der Waals surface area contributed by atoms with Crippen molar-refractivity contribution < 1.29 is 9.32 Å². The standard InChI is InChI=1S/C21H24N6O2/c28-21(16-9-4-5-10-16)26-12-6-11-17(13-26)27-14-18(23-25-27)20-22-19(24-29-20)15-7-2-1-3-8-15/h1-3,7-8,14,16-17H,4-6,9-13H2/t17-/m0/s1. The van der Waals surface area contributed by atoms with Gasteiger partial charge < -0.3 is 9.42 Å². The van der Waals surface area contributed by atoms with Crippen molar-refractivity contribution in [2.75, 3.05) is 13.1 Å². The topological polar surface area (TPSA) is 89.9 Å². The minimum absolute atomic E-state index is 0.131. The Bertz CT molecular complexity index is 976. The van der Waals surface area contributed by atoms with Crippen LogP contribution in [0.5, 0.6) is 0 Å². The molecule has 8 nitrogen and oxygen atoms in total. The van der Waals surface area contributed by atoms with Crippen LogP contribution in [-0.4, -0.2) is 49.0 Å². The third-order valence-electron chi connectivity index (χ3n) is 5.97. The van der Waals surface area contributed by atoms with E-state index in [9.17, 15) is 4.79 Å². The molecule has 1 aromatic carbocycles. The summed E-state index contributed by atoms with van der Waals surface area (Å²) in [7, 11) is 0. The van der Waals surface area contributed by atoms with Gasteiger partial charge >= 0.3 is 0 Å². The van der Waals surface area contributed by atoms with Crippen molar-refractivity contribution in [1.82, 2.24) is 30.0 Å². The molecule has 0 N–H and O–H groups in total. The van der Waals surface area contributed by atoms with E-state index in [1.165, 1.54) is 12.8 Å². The zero-order valence-electron chi connectivity index (χ0n) is 16.3. The molecular weight excluding hydrogens is 368 g/mol. The first-order chi connectivity index (χ1) is 14.3. The van der Waals surface area contributed by atoms with Crippen LogP contribution >= 0.6 is 0 Å². The van der Waals surface area contributed by atoms with Gasteiger partial charge in [-0.15, -0.1) is 5.10 Å². The summed E-state index contributed by atoms with van der Waals surface area (Å²) >= 11 is 0. The Kier molecular flexibility index (Phi) is 4.83. The quantitative estimate of drug-likeness (QED) is 0.676. The second-order valence-corrected chi connectivity index (χ2v) is 7.93. The van der Waals surface area contributed by atoms with Crippen molar-refractivity contribution in [3.05, 3.63) is 36.5 Å². The molecule has 3 aromatic rings. The van der Waals surface area contributed by atoms with Gasteiger partial charge in [-0.05, 0) is 25.7 Å². The molecule has 1 saturated carbocycles. The number of rotatable bonds is 4. The Morgan fingerprint density at radius 1 is 1.07 bits per heavy atom. The summed E-state index contributed by atoms with van der Waals surface area (Å²) in [5, 5.41) is 12.6. The number of carbonyl (C=O) groups excluding carboxylic acids is 1. The molecule has 0 bridgehead atoms. The summed E-state index contributed by atoms with van der Waals surface area (Å²) in [6.07, 6.45) is 8.23. The van der Waals surface area contributed by atoms with Crippen molar-refractivity contribution in [3.8, 4) is 23.0 Å². The third kappa shape index (κ3) is 3.66. The fourth-order valence-electron chi connectivity index (χ4n) is 4.39. The largest absolute Gasteiger partial charge is 0.340 e. The van der Waals surface area contributed by atoms with Gasteiger partial charge in [0.25, 0.3) is 5.89 Å². The van der Waals surface area contributed by atoms with Gasteiger partial charge in [-0.3, -0.25) is 4.79 Å². The van der Waals surface area contributed by atoms with E-state index in [0.29, 0.717) is 29.9 Å². The molecule has 1 aliphatic heterocycles. The summed E-state index contributed by atoms with van der Waals surface area (Å²) in [5.74, 6) is 1.41. The van der Waals surface area contributed by atoms with E-state index in [2.05, 4.69) is 20.5 Å². The Balaban J connectivity index is 1.30. The molecule has 0 spiro atoms. The highest BCUT2D eigenvalue weighted by Gasteiger charge is 2.31. The monoisotopic (exact) mass is 392 g/mol. The van der Waals surface area contributed by atoms with Gasteiger partial charge in [0, 0.05) is 24.6 Å². The van der Waals surface area contributed by atoms with Crippen LogP contribution in [0.2, 0.25) is 0 Å². The molecular formula is C21H24N6O2. The molecule has 2 aliphatic rings. The molecule has 150 valence electrons. The van der Waals surface area contributed by atoms with E-state index in [0.717, 1.165) is 37.8 Å². The van der Waals surface area contributed by atoms with E-state index in [4.69, 9.17) is 4.52 Å². The lowest BCUT2D eigenvalue weighted by atomic mass is 10.0. The van der Waals surface area contributed by atoms with Crippen molar-refractivity contribution in [2.45, 2.75) is 44.6 Å². The number of amides is 1. The molecule has 1 atom stereocenters. The average molecular weight is 392 g/mol. The molecule has 3 heterocycles. The smallest absolute Gasteiger partial charge is 0.280 e. The van der Waals surface area contributed by atoms with Crippen LogP contribution in [0.3, 0.4) is 0 Å². The summed E-state index contributed by atoms with van der Waals surface area (Å²) < 4.78 is 7.23. The fourth-order valence-corrected chi connectivity index (χ4v) is 4.39. The summed E-state index contributed by atoms with van der Waals surface area (Å²) in [4.78, 5) is 19.3. The predicted molar refractivity (Wildman–Crippen MR) is 106 cm³/mol. The predicted octanol–water partition coefficient (Wildman–Crippen LogP) is 3.35. The van der Waals surface area contributed by atoms with Crippen LogP contribution < -0.4 is 0 Å². The molecule has 1 amide bonds. The Morgan fingerprint density at radius 3 is 2.72 bits per heavy atom. The second-order valence-electron chi connectivity index (χ2n) is 7.93. The summed E-state index contributed by atoms with van der Waals surface area (Å²) in [6.45, 7) is 1.54. The molecule has 1 saturated heterocycles. The van der Waals surface area contributed by atoms with Crippen LogP contribution in [0.15, 0.2) is 41.1 Å². The number of piperidine rings is 1. The lowest BCUT2D eigenvalue weighted by Crippen LogP contribution is -2.43. The molecule has 8 heteroatoms. The van der Waals surface area contributed by atoms with E-state index in [-0.39, 0.29) is 12.0 Å². The molecule has 0 unspecified atom stereocenters. The van der Waals surface area contributed by atoms with Gasteiger partial charge in [0.05, 0.1) is 12.2 Å². The molecule has 1 aliphatic carbocycles. The number of aromatic nitrogens is 5. The maximum atomic E-state index is 12.8. The number of hydrogen-bond acceptors (Lipinski definition) is 6. The van der Waals surface area contributed by atoms with Crippen LogP contribution in [0, 0.1) is 5.92 Å². The van der Waals surface area contributed by atoms with Gasteiger partial charge in [-0.25, -0.2) is 4.68 Å². The van der Waals surface area contributed by atoms with Crippen molar-refractivity contribution in [1.29, 1.82) is 0 Å². The van der Waals surface area contributed by atoms with Gasteiger partial charge in [0.1, 0.15) is 0 Å². The van der Waals surface area contributed by atoms with E-state index < -0.39 is 0 Å². The molecule has 29 heavy (non-hydrogen) atoms. The van der Waals surface area contributed by atoms with Crippen LogP contribution in [0.4, 0.5) is 0 Å². The third-order valence-corrected chi connectivity index (χ3v) is 5.97. The van der Waals surface area contributed by atoms with Gasteiger partial charge in [-0.2, -0.15) is 4.98 Å². The van der Waals surface area contributed by atoms with Gasteiger partial charge in [0.2, 0.25) is 11.7 Å². The van der Waals surface area contributed by atoms with E-state index >= 15 is 0 Å². The first-order valence-electron chi connectivity index (χ1n) is 10.4. The normalized spacial score (nSPS) is 20.3. The Labute approximate surface area is 168 Å².